The second-order valence-electron chi connectivity index (χ2n) is 13.1. The van der Waals surface area contributed by atoms with Crippen LogP contribution in [0.1, 0.15) is 32.8 Å². The van der Waals surface area contributed by atoms with Crippen LogP contribution in [0.5, 0.6) is 0 Å². The lowest BCUT2D eigenvalue weighted by atomic mass is 9.88. The van der Waals surface area contributed by atoms with Gasteiger partial charge < -0.3 is 14.9 Å². The van der Waals surface area contributed by atoms with Crippen molar-refractivity contribution in [2.24, 2.45) is 5.73 Å². The molecule has 5 heteroatoms. The molecule has 0 aliphatic rings. The second-order valence-corrected chi connectivity index (χ2v) is 13.1. The fourth-order valence-corrected chi connectivity index (χ4v) is 7.79. The molecule has 0 saturated heterocycles. The second kappa shape index (κ2) is 14.9. The van der Waals surface area contributed by atoms with Crippen LogP contribution >= 0.6 is 0 Å². The molecule has 5 aromatic carbocycles. The van der Waals surface area contributed by atoms with E-state index >= 15 is 0 Å². The maximum Gasteiger partial charge on any atom is 0.123 e. The predicted molar refractivity (Wildman–Crippen MR) is 223 cm³/mol. The summed E-state index contributed by atoms with van der Waals surface area (Å²) in [5.74, 6) is 0. The van der Waals surface area contributed by atoms with Gasteiger partial charge >= 0.3 is 0 Å². The average Bonchev–Trinajstić information content (AvgIpc) is 3.68. The van der Waals surface area contributed by atoms with Crippen LogP contribution in [0.25, 0.3) is 55.0 Å². The Labute approximate surface area is 306 Å². The highest BCUT2D eigenvalue weighted by Crippen LogP contribution is 2.40. The minimum atomic E-state index is -0.851. The van der Waals surface area contributed by atoms with Gasteiger partial charge in [0.15, 0.2) is 0 Å². The molecule has 7 rings (SSSR count). The Balaban J connectivity index is 1.51. The highest BCUT2D eigenvalue weighted by Gasteiger charge is 2.36. The van der Waals surface area contributed by atoms with Crippen molar-refractivity contribution in [3.8, 4) is 11.4 Å². The maximum absolute atomic E-state index is 6.99. The summed E-state index contributed by atoms with van der Waals surface area (Å²) in [4.78, 5) is 0. The summed E-state index contributed by atoms with van der Waals surface area (Å²) in [7, 11) is 1.98. The van der Waals surface area contributed by atoms with Gasteiger partial charge in [-0.05, 0) is 92.6 Å². The molecule has 52 heavy (non-hydrogen) atoms. The number of benzene rings is 5. The van der Waals surface area contributed by atoms with Crippen LogP contribution in [0.4, 0.5) is 0 Å². The molecule has 7 aromatic rings. The molecule has 0 aliphatic carbocycles. The topological polar surface area (TPSA) is 59.9 Å². The highest BCUT2D eigenvalue weighted by atomic mass is 15.2. The molecule has 2 heterocycles. The standard InChI is InChI=1S/C47H47N5/c1-6-18-33(19-7-2)46(48)50-47(49-5,34(20-8-3)21-9-4)35-22-17-25-37(30-35)52-43-29-16-14-27-39(43)41-31-40-38-26-13-15-28-42(38)51(44(40)32-45(41)52)36-23-11-10-12-24-36/h6,8-32,46,49-50H,3,7,48H2,1-2,4-5H3/b18-6-,21-9-,33-19+,34-20+. The molecule has 0 saturated carbocycles. The van der Waals surface area contributed by atoms with E-state index < -0.39 is 11.8 Å². The normalized spacial score (nSPS) is 14.7. The Morgan fingerprint density at radius 2 is 1.31 bits per heavy atom. The van der Waals surface area contributed by atoms with Gasteiger partial charge in [0.25, 0.3) is 0 Å². The van der Waals surface area contributed by atoms with Crippen molar-refractivity contribution in [3.05, 3.63) is 181 Å². The summed E-state index contributed by atoms with van der Waals surface area (Å²) in [6, 6.07) is 41.6. The Kier molecular flexibility index (Phi) is 9.92. The van der Waals surface area contributed by atoms with Gasteiger partial charge in [-0.2, -0.15) is 0 Å². The van der Waals surface area contributed by atoms with E-state index in [1.54, 1.807) is 0 Å². The third-order valence-corrected chi connectivity index (χ3v) is 10.00. The van der Waals surface area contributed by atoms with E-state index in [4.69, 9.17) is 5.73 Å². The first-order valence-corrected chi connectivity index (χ1v) is 18.1. The summed E-state index contributed by atoms with van der Waals surface area (Å²) in [6.07, 6.45) is 14.8. The molecular formula is C47H47N5. The number of nitrogens with one attached hydrogen (secondary N) is 2. The number of likely N-dealkylation sites (N-methyl/N-ethyl adjacent to an activating group) is 1. The van der Waals surface area contributed by atoms with Crippen molar-refractivity contribution >= 4 is 43.6 Å². The quantitative estimate of drug-likeness (QED) is 0.0889. The van der Waals surface area contributed by atoms with Crippen LogP contribution in [0.3, 0.4) is 0 Å². The number of allylic oxidation sites excluding steroid dienone is 5. The molecule has 2 unspecified atom stereocenters. The van der Waals surface area contributed by atoms with Gasteiger partial charge in [-0.3, -0.25) is 10.6 Å². The van der Waals surface area contributed by atoms with Crippen molar-refractivity contribution in [2.45, 2.75) is 39.0 Å². The van der Waals surface area contributed by atoms with E-state index in [1.165, 1.54) is 32.6 Å². The Morgan fingerprint density at radius 1 is 0.712 bits per heavy atom. The molecule has 0 radical (unpaired) electrons. The molecule has 5 nitrogen and oxygen atoms in total. The van der Waals surface area contributed by atoms with Crippen LogP contribution in [0.15, 0.2) is 176 Å². The van der Waals surface area contributed by atoms with Gasteiger partial charge in [0.2, 0.25) is 0 Å². The number of nitrogens with zero attached hydrogens (tertiary/aromatic N) is 2. The van der Waals surface area contributed by atoms with Crippen LogP contribution in [-0.2, 0) is 5.66 Å². The molecule has 260 valence electrons. The number of nitrogens with two attached hydrogens (primary N) is 1. The minimum Gasteiger partial charge on any atom is -0.312 e. The third-order valence-electron chi connectivity index (χ3n) is 10.00. The molecule has 2 aromatic heterocycles. The molecule has 0 amide bonds. The zero-order valence-corrected chi connectivity index (χ0v) is 30.5. The summed E-state index contributed by atoms with van der Waals surface area (Å²) in [5, 5.41) is 12.4. The molecule has 0 spiro atoms. The smallest absolute Gasteiger partial charge is 0.123 e. The zero-order chi connectivity index (χ0) is 36.2. The van der Waals surface area contributed by atoms with E-state index in [0.29, 0.717) is 0 Å². The number of para-hydroxylation sites is 3. The summed E-state index contributed by atoms with van der Waals surface area (Å²) >= 11 is 0. The van der Waals surface area contributed by atoms with Crippen molar-refractivity contribution in [1.82, 2.24) is 19.8 Å². The largest absolute Gasteiger partial charge is 0.312 e. The number of fused-ring (bicyclic) bond motifs is 6. The van der Waals surface area contributed by atoms with E-state index in [9.17, 15) is 0 Å². The lowest BCUT2D eigenvalue weighted by Crippen LogP contribution is -2.60. The number of hydrogen-bond donors (Lipinski definition) is 3. The highest BCUT2D eigenvalue weighted by molar-refractivity contribution is 6.19. The minimum absolute atomic E-state index is 0.452. The fourth-order valence-electron chi connectivity index (χ4n) is 7.79. The van der Waals surface area contributed by atoms with Crippen molar-refractivity contribution in [3.63, 3.8) is 0 Å². The van der Waals surface area contributed by atoms with Crippen molar-refractivity contribution in [1.29, 1.82) is 0 Å². The van der Waals surface area contributed by atoms with E-state index in [2.05, 4.69) is 173 Å². The first kappa shape index (κ1) is 34.7. The van der Waals surface area contributed by atoms with Gasteiger partial charge in [-0.25, -0.2) is 0 Å². The van der Waals surface area contributed by atoms with Crippen LogP contribution in [0.2, 0.25) is 0 Å². The Hall–Kier alpha value is -5.72. The lowest BCUT2D eigenvalue weighted by Gasteiger charge is -2.39. The van der Waals surface area contributed by atoms with Gasteiger partial charge in [-0.15, -0.1) is 0 Å². The van der Waals surface area contributed by atoms with Crippen LogP contribution in [0, 0.1) is 0 Å². The number of rotatable bonds is 12. The SMILES string of the molecule is C=C/C=C(\C=C/C)C(NC)(NC(N)C(/C=C\C)=C/CC)c1cccc(-n2c3ccccc3c3cc4c5ccccc5n(-c5ccccc5)c4cc32)c1. The average molecular weight is 682 g/mol. The van der Waals surface area contributed by atoms with E-state index in [-0.39, 0.29) is 0 Å². The summed E-state index contributed by atoms with van der Waals surface area (Å²) < 4.78 is 4.78. The molecule has 2 atom stereocenters. The molecule has 0 aliphatic heterocycles. The van der Waals surface area contributed by atoms with Gasteiger partial charge in [-0.1, -0.05) is 123 Å². The summed E-state index contributed by atoms with van der Waals surface area (Å²) in [5.41, 5.74) is 16.0. The van der Waals surface area contributed by atoms with Gasteiger partial charge in [0.1, 0.15) is 5.66 Å². The van der Waals surface area contributed by atoms with Gasteiger partial charge in [0.05, 0.1) is 28.2 Å². The van der Waals surface area contributed by atoms with Crippen LogP contribution < -0.4 is 16.4 Å². The number of hydrogen-bond acceptors (Lipinski definition) is 3. The zero-order valence-electron chi connectivity index (χ0n) is 30.5. The number of aromatic nitrogens is 2. The predicted octanol–water partition coefficient (Wildman–Crippen LogP) is 10.7. The monoisotopic (exact) mass is 681 g/mol. The third kappa shape index (κ3) is 5.93. The molecular weight excluding hydrogens is 635 g/mol. The van der Waals surface area contributed by atoms with Crippen molar-refractivity contribution < 1.29 is 0 Å². The maximum atomic E-state index is 6.99. The van der Waals surface area contributed by atoms with Crippen molar-refractivity contribution in [2.75, 3.05) is 7.05 Å². The van der Waals surface area contributed by atoms with Gasteiger partial charge in [0, 0.05) is 32.9 Å². The molecule has 0 bridgehead atoms. The fraction of sp³-hybridized carbons (Fsp3) is 0.149. The first-order valence-electron chi connectivity index (χ1n) is 18.1. The Morgan fingerprint density at radius 3 is 1.90 bits per heavy atom. The van der Waals surface area contributed by atoms with E-state index in [0.717, 1.165) is 45.5 Å². The first-order chi connectivity index (χ1) is 25.5. The Bertz CT molecular complexity index is 2520. The lowest BCUT2D eigenvalue weighted by molar-refractivity contribution is 0.316. The van der Waals surface area contributed by atoms with Crippen LogP contribution in [-0.4, -0.2) is 22.3 Å². The summed E-state index contributed by atoms with van der Waals surface area (Å²) in [6.45, 7) is 10.3. The van der Waals surface area contributed by atoms with E-state index in [1.807, 2.05) is 39.1 Å². The molecule has 0 fully saturated rings. The molecule has 4 N–H and O–H groups in total.